The van der Waals surface area contributed by atoms with Crippen LogP contribution in [0.15, 0.2) is 41.9 Å². The number of aromatic nitrogens is 1. The summed E-state index contributed by atoms with van der Waals surface area (Å²) in [5, 5.41) is 13.3. The second kappa shape index (κ2) is 7.82. The number of amides is 1. The van der Waals surface area contributed by atoms with Gasteiger partial charge in [0, 0.05) is 42.5 Å². The van der Waals surface area contributed by atoms with Crippen LogP contribution in [-0.4, -0.2) is 57.1 Å². The predicted octanol–water partition coefficient (Wildman–Crippen LogP) is 3.26. The molecular weight excluding hydrogens is 382 g/mol. The second-order valence-electron chi connectivity index (χ2n) is 8.82. The molecule has 1 aliphatic carbocycles. The molecule has 3 heterocycles. The van der Waals surface area contributed by atoms with Crippen molar-refractivity contribution < 1.29 is 9.90 Å². The standard InChI is InChI=1S/C23H29N3O2S/c27-14-19-21(17-7-3-1-4-8-17)23(26(19)13-20-24-11-12-29-20)15-25(16-23)22(28)18-9-5-2-6-10-18/h1,3-4,7-8,11-12,18-19,21,27H,2,5-6,9-10,13-16H2/t19-,21-/m0/s1. The third-order valence-corrected chi connectivity index (χ3v) is 8.03. The topological polar surface area (TPSA) is 56.7 Å². The average molecular weight is 412 g/mol. The summed E-state index contributed by atoms with van der Waals surface area (Å²) in [6, 6.07) is 10.6. The van der Waals surface area contributed by atoms with Gasteiger partial charge in [0.2, 0.25) is 5.91 Å². The van der Waals surface area contributed by atoms with Crippen molar-refractivity contribution in [3.8, 4) is 0 Å². The molecule has 0 bridgehead atoms. The molecule has 2 aromatic rings. The molecule has 1 saturated carbocycles. The first-order valence-electron chi connectivity index (χ1n) is 10.8. The summed E-state index contributed by atoms with van der Waals surface area (Å²) in [6.45, 7) is 2.41. The maximum Gasteiger partial charge on any atom is 0.225 e. The number of aliphatic hydroxyl groups is 1. The molecule has 3 fully saturated rings. The van der Waals surface area contributed by atoms with E-state index < -0.39 is 0 Å². The first-order valence-corrected chi connectivity index (χ1v) is 11.7. The lowest BCUT2D eigenvalue weighted by molar-refractivity contribution is -0.202. The smallest absolute Gasteiger partial charge is 0.225 e. The molecule has 2 saturated heterocycles. The Labute approximate surface area is 176 Å². The van der Waals surface area contributed by atoms with E-state index in [1.807, 2.05) is 17.6 Å². The highest BCUT2D eigenvalue weighted by atomic mass is 32.1. The minimum absolute atomic E-state index is 0.0771. The van der Waals surface area contributed by atoms with Crippen LogP contribution in [0.3, 0.4) is 0 Å². The van der Waals surface area contributed by atoms with Gasteiger partial charge in [-0.3, -0.25) is 9.69 Å². The second-order valence-corrected chi connectivity index (χ2v) is 9.80. The van der Waals surface area contributed by atoms with Crippen LogP contribution in [-0.2, 0) is 11.3 Å². The molecule has 6 heteroatoms. The number of rotatable bonds is 5. The number of likely N-dealkylation sites (tertiary alicyclic amines) is 2. The summed E-state index contributed by atoms with van der Waals surface area (Å²) in [5.41, 5.74) is 1.19. The molecule has 1 spiro atoms. The number of carbonyl (C=O) groups excluding carboxylic acids is 1. The van der Waals surface area contributed by atoms with Crippen LogP contribution in [0.4, 0.5) is 0 Å². The zero-order chi connectivity index (χ0) is 19.8. The van der Waals surface area contributed by atoms with E-state index in [9.17, 15) is 9.90 Å². The van der Waals surface area contributed by atoms with E-state index in [2.05, 4.69) is 39.0 Å². The highest BCUT2D eigenvalue weighted by Gasteiger charge is 2.66. The number of thiazole rings is 1. The molecule has 2 aliphatic heterocycles. The Balaban J connectivity index is 1.38. The Morgan fingerprint density at radius 2 is 1.93 bits per heavy atom. The van der Waals surface area contributed by atoms with Crippen molar-refractivity contribution in [3.63, 3.8) is 0 Å². The molecule has 29 heavy (non-hydrogen) atoms. The van der Waals surface area contributed by atoms with E-state index in [1.54, 1.807) is 11.3 Å². The van der Waals surface area contributed by atoms with E-state index in [-0.39, 0.29) is 30.0 Å². The summed E-state index contributed by atoms with van der Waals surface area (Å²) >= 11 is 1.66. The maximum atomic E-state index is 13.1. The Morgan fingerprint density at radius 3 is 2.59 bits per heavy atom. The lowest BCUT2D eigenvalue weighted by Crippen LogP contribution is -2.84. The molecule has 1 aromatic heterocycles. The Hall–Kier alpha value is -1.76. The molecule has 0 unspecified atom stereocenters. The van der Waals surface area contributed by atoms with Gasteiger partial charge in [0.25, 0.3) is 0 Å². The van der Waals surface area contributed by atoms with E-state index in [1.165, 1.54) is 24.8 Å². The van der Waals surface area contributed by atoms with Gasteiger partial charge in [-0.15, -0.1) is 11.3 Å². The highest BCUT2D eigenvalue weighted by Crippen LogP contribution is 2.54. The lowest BCUT2D eigenvalue weighted by Gasteiger charge is -2.71. The van der Waals surface area contributed by atoms with Gasteiger partial charge in [0.15, 0.2) is 0 Å². The molecule has 2 atom stereocenters. The SMILES string of the molecule is O=C(C1CCCCC1)N1CC2(C1)[C@@H](c1ccccc1)[C@H](CO)N2Cc1nccs1. The molecule has 3 aliphatic rings. The Bertz CT molecular complexity index is 829. The normalized spacial score (nSPS) is 26.9. The van der Waals surface area contributed by atoms with Gasteiger partial charge in [-0.05, 0) is 18.4 Å². The predicted molar refractivity (Wildman–Crippen MR) is 114 cm³/mol. The third kappa shape index (κ3) is 3.22. The van der Waals surface area contributed by atoms with Crippen LogP contribution in [0.1, 0.15) is 48.6 Å². The minimum atomic E-state index is -0.0786. The number of hydrogen-bond donors (Lipinski definition) is 1. The molecule has 1 aromatic carbocycles. The van der Waals surface area contributed by atoms with E-state index >= 15 is 0 Å². The van der Waals surface area contributed by atoms with Crippen molar-refractivity contribution >= 4 is 17.2 Å². The molecule has 1 amide bonds. The average Bonchev–Trinajstić information content (AvgIpc) is 3.24. The number of carbonyl (C=O) groups is 1. The first-order chi connectivity index (χ1) is 14.2. The Morgan fingerprint density at radius 1 is 1.17 bits per heavy atom. The zero-order valence-electron chi connectivity index (χ0n) is 16.7. The summed E-state index contributed by atoms with van der Waals surface area (Å²) in [6.07, 6.45) is 7.58. The van der Waals surface area contributed by atoms with Gasteiger partial charge >= 0.3 is 0 Å². The van der Waals surface area contributed by atoms with Crippen LogP contribution in [0, 0.1) is 5.92 Å². The quantitative estimate of drug-likeness (QED) is 0.821. The molecule has 1 N–H and O–H groups in total. The minimum Gasteiger partial charge on any atom is -0.395 e. The number of hydrogen-bond acceptors (Lipinski definition) is 5. The van der Waals surface area contributed by atoms with Crippen molar-refractivity contribution in [3.05, 3.63) is 52.5 Å². The zero-order valence-corrected chi connectivity index (χ0v) is 17.6. The molecule has 154 valence electrons. The first kappa shape index (κ1) is 19.2. The summed E-state index contributed by atoms with van der Waals surface area (Å²) in [4.78, 5) is 22.0. The van der Waals surface area contributed by atoms with Gasteiger partial charge in [-0.1, -0.05) is 49.6 Å². The summed E-state index contributed by atoms with van der Waals surface area (Å²) in [5.74, 6) is 0.824. The van der Waals surface area contributed by atoms with Crippen LogP contribution >= 0.6 is 11.3 Å². The van der Waals surface area contributed by atoms with Crippen molar-refractivity contribution in [2.45, 2.75) is 56.1 Å². The summed E-state index contributed by atoms with van der Waals surface area (Å²) in [7, 11) is 0. The highest BCUT2D eigenvalue weighted by molar-refractivity contribution is 7.09. The molecule has 5 nitrogen and oxygen atoms in total. The molecule has 5 rings (SSSR count). The van der Waals surface area contributed by atoms with Crippen molar-refractivity contribution in [1.29, 1.82) is 0 Å². The van der Waals surface area contributed by atoms with Crippen LogP contribution < -0.4 is 0 Å². The fourth-order valence-electron chi connectivity index (χ4n) is 5.87. The largest absolute Gasteiger partial charge is 0.395 e. The van der Waals surface area contributed by atoms with Crippen molar-refractivity contribution in [2.75, 3.05) is 19.7 Å². The monoisotopic (exact) mass is 411 g/mol. The maximum absolute atomic E-state index is 13.1. The fraction of sp³-hybridized carbons (Fsp3) is 0.565. The van der Waals surface area contributed by atoms with Crippen LogP contribution in [0.25, 0.3) is 0 Å². The van der Waals surface area contributed by atoms with Gasteiger partial charge < -0.3 is 10.0 Å². The van der Waals surface area contributed by atoms with E-state index in [4.69, 9.17) is 0 Å². The fourth-order valence-corrected chi connectivity index (χ4v) is 6.48. The van der Waals surface area contributed by atoms with Gasteiger partial charge in [-0.2, -0.15) is 0 Å². The van der Waals surface area contributed by atoms with E-state index in [0.717, 1.165) is 37.5 Å². The Kier molecular flexibility index (Phi) is 5.18. The van der Waals surface area contributed by atoms with Gasteiger partial charge in [0.05, 0.1) is 18.7 Å². The molecule has 0 radical (unpaired) electrons. The molecular formula is C23H29N3O2S. The number of nitrogens with zero attached hydrogens (tertiary/aromatic N) is 3. The number of benzene rings is 1. The summed E-state index contributed by atoms with van der Waals surface area (Å²) < 4.78 is 0. The van der Waals surface area contributed by atoms with Gasteiger partial charge in [0.1, 0.15) is 5.01 Å². The van der Waals surface area contributed by atoms with E-state index in [0.29, 0.717) is 5.91 Å². The van der Waals surface area contributed by atoms with Crippen LogP contribution in [0.5, 0.6) is 0 Å². The van der Waals surface area contributed by atoms with Crippen molar-refractivity contribution in [2.24, 2.45) is 5.92 Å². The van der Waals surface area contributed by atoms with Crippen LogP contribution in [0.2, 0.25) is 0 Å². The van der Waals surface area contributed by atoms with Gasteiger partial charge in [-0.25, -0.2) is 4.98 Å². The van der Waals surface area contributed by atoms with Crippen molar-refractivity contribution in [1.82, 2.24) is 14.8 Å². The lowest BCUT2D eigenvalue weighted by atomic mass is 9.60. The third-order valence-electron chi connectivity index (χ3n) is 7.27. The number of aliphatic hydroxyl groups excluding tert-OH is 1.